The highest BCUT2D eigenvalue weighted by Crippen LogP contribution is 2.33. The van der Waals surface area contributed by atoms with Crippen molar-refractivity contribution in [3.05, 3.63) is 45.4 Å². The molecule has 0 aliphatic heterocycles. The largest absolute Gasteiger partial charge is 0.343 e. The molecule has 1 saturated carbocycles. The number of anilines is 1. The van der Waals surface area contributed by atoms with E-state index in [0.29, 0.717) is 16.6 Å². The van der Waals surface area contributed by atoms with Crippen LogP contribution in [0.1, 0.15) is 54.1 Å². The summed E-state index contributed by atoms with van der Waals surface area (Å²) in [6.07, 6.45) is 6.18. The highest BCUT2D eigenvalue weighted by Gasteiger charge is 2.18. The van der Waals surface area contributed by atoms with Crippen molar-refractivity contribution in [2.24, 2.45) is 0 Å². The molecular weight excluding hydrogens is 402 g/mol. The van der Waals surface area contributed by atoms with Gasteiger partial charge in [-0.1, -0.05) is 35.2 Å². The second-order valence-electron chi connectivity index (χ2n) is 6.15. The molecule has 3 rings (SSSR count). The smallest absolute Gasteiger partial charge is 0.251 e. The molecule has 0 atom stereocenters. The third-order valence-electron chi connectivity index (χ3n) is 4.31. The number of aromatic nitrogens is 1. The Morgan fingerprint density at radius 1 is 1.16 bits per heavy atom. The number of benzene rings is 1. The second kappa shape index (κ2) is 8.58. The van der Waals surface area contributed by atoms with Gasteiger partial charge in [0.15, 0.2) is 5.13 Å². The minimum atomic E-state index is -0.273. The maximum atomic E-state index is 12.0. The van der Waals surface area contributed by atoms with Crippen molar-refractivity contribution >= 4 is 44.2 Å². The average molecular weight is 422 g/mol. The van der Waals surface area contributed by atoms with E-state index in [1.54, 1.807) is 24.3 Å². The molecule has 1 aliphatic carbocycles. The molecule has 0 bridgehead atoms. The quantitative estimate of drug-likeness (QED) is 0.754. The lowest BCUT2D eigenvalue weighted by Gasteiger charge is -2.19. The van der Waals surface area contributed by atoms with Crippen LogP contribution >= 0.6 is 27.3 Å². The van der Waals surface area contributed by atoms with Gasteiger partial charge in [-0.15, -0.1) is 11.3 Å². The summed E-state index contributed by atoms with van der Waals surface area (Å²) in [5.74, 6) is -0.0209. The van der Waals surface area contributed by atoms with E-state index in [1.165, 1.54) is 43.4 Å². The highest BCUT2D eigenvalue weighted by molar-refractivity contribution is 9.10. The molecule has 132 valence electrons. The van der Waals surface area contributed by atoms with Crippen LogP contribution in [0.15, 0.2) is 34.1 Å². The molecule has 0 radical (unpaired) electrons. The maximum Gasteiger partial charge on any atom is 0.251 e. The van der Waals surface area contributed by atoms with Gasteiger partial charge in [0.05, 0.1) is 12.2 Å². The van der Waals surface area contributed by atoms with Crippen molar-refractivity contribution in [2.75, 3.05) is 11.9 Å². The standard InChI is InChI=1S/C18H20BrN3O2S/c19-14-8-6-13(7-9-14)17(24)20-10-16(23)22-18-21-15(11-25-18)12-4-2-1-3-5-12/h6-9,11-12H,1-5,10H2,(H,20,24)(H,21,22,23). The molecule has 0 spiro atoms. The van der Waals surface area contributed by atoms with Gasteiger partial charge in [0.2, 0.25) is 5.91 Å². The summed E-state index contributed by atoms with van der Waals surface area (Å²) in [7, 11) is 0. The number of nitrogens with zero attached hydrogens (tertiary/aromatic N) is 1. The third-order valence-corrected chi connectivity index (χ3v) is 5.61. The number of amides is 2. The molecule has 0 unspecified atom stereocenters. The van der Waals surface area contributed by atoms with Crippen LogP contribution in [0.2, 0.25) is 0 Å². The summed E-state index contributed by atoms with van der Waals surface area (Å²) in [5, 5.41) is 8.02. The average Bonchev–Trinajstić information content (AvgIpc) is 3.09. The Morgan fingerprint density at radius 2 is 1.88 bits per heavy atom. The van der Waals surface area contributed by atoms with Gasteiger partial charge in [0, 0.05) is 21.3 Å². The molecule has 1 heterocycles. The molecule has 2 aromatic rings. The van der Waals surface area contributed by atoms with Crippen molar-refractivity contribution in [1.82, 2.24) is 10.3 Å². The van der Waals surface area contributed by atoms with E-state index in [4.69, 9.17) is 0 Å². The fraction of sp³-hybridized carbons (Fsp3) is 0.389. The first-order chi connectivity index (χ1) is 12.1. The second-order valence-corrected chi connectivity index (χ2v) is 7.92. The Morgan fingerprint density at radius 3 is 2.60 bits per heavy atom. The molecule has 2 N–H and O–H groups in total. The molecule has 1 aliphatic rings. The summed E-state index contributed by atoms with van der Waals surface area (Å²) in [6, 6.07) is 6.98. The Bertz CT molecular complexity index is 739. The first-order valence-electron chi connectivity index (χ1n) is 8.41. The van der Waals surface area contributed by atoms with Crippen LogP contribution in [-0.2, 0) is 4.79 Å². The van der Waals surface area contributed by atoms with Crippen LogP contribution in [0.4, 0.5) is 5.13 Å². The minimum absolute atomic E-state index is 0.0762. The molecule has 7 heteroatoms. The number of carbonyl (C=O) groups excluding carboxylic acids is 2. The molecule has 5 nitrogen and oxygen atoms in total. The highest BCUT2D eigenvalue weighted by atomic mass is 79.9. The van der Waals surface area contributed by atoms with Gasteiger partial charge in [-0.25, -0.2) is 4.98 Å². The minimum Gasteiger partial charge on any atom is -0.343 e. The van der Waals surface area contributed by atoms with Gasteiger partial charge >= 0.3 is 0 Å². The Kier molecular flexibility index (Phi) is 6.20. The van der Waals surface area contributed by atoms with E-state index in [9.17, 15) is 9.59 Å². The van der Waals surface area contributed by atoms with Crippen LogP contribution in [-0.4, -0.2) is 23.3 Å². The monoisotopic (exact) mass is 421 g/mol. The summed E-state index contributed by atoms with van der Waals surface area (Å²) in [6.45, 7) is -0.0762. The van der Waals surface area contributed by atoms with E-state index >= 15 is 0 Å². The molecule has 1 fully saturated rings. The summed E-state index contributed by atoms with van der Waals surface area (Å²) in [5.41, 5.74) is 1.60. The number of rotatable bonds is 5. The first-order valence-corrected chi connectivity index (χ1v) is 10.1. The van der Waals surface area contributed by atoms with Gasteiger partial charge in [-0.05, 0) is 37.1 Å². The molecule has 2 amide bonds. The normalized spacial score (nSPS) is 14.9. The fourth-order valence-corrected chi connectivity index (χ4v) is 4.03. The Labute approximate surface area is 159 Å². The van der Waals surface area contributed by atoms with Crippen LogP contribution in [0.5, 0.6) is 0 Å². The lowest BCUT2D eigenvalue weighted by molar-refractivity contribution is -0.115. The van der Waals surface area contributed by atoms with Crippen molar-refractivity contribution in [3.63, 3.8) is 0 Å². The van der Waals surface area contributed by atoms with E-state index in [-0.39, 0.29) is 18.4 Å². The van der Waals surface area contributed by atoms with Crippen LogP contribution in [0, 0.1) is 0 Å². The number of hydrogen-bond donors (Lipinski definition) is 2. The Hall–Kier alpha value is -1.73. The van der Waals surface area contributed by atoms with Crippen molar-refractivity contribution in [1.29, 1.82) is 0 Å². The molecular formula is C18H20BrN3O2S. The number of halogens is 1. The lowest BCUT2D eigenvalue weighted by atomic mass is 9.87. The van der Waals surface area contributed by atoms with E-state index in [2.05, 4.69) is 31.5 Å². The predicted molar refractivity (Wildman–Crippen MR) is 103 cm³/mol. The Balaban J connectivity index is 1.48. The zero-order valence-corrected chi connectivity index (χ0v) is 16.2. The summed E-state index contributed by atoms with van der Waals surface area (Å²) < 4.78 is 0.902. The van der Waals surface area contributed by atoms with Crippen molar-refractivity contribution in [3.8, 4) is 0 Å². The van der Waals surface area contributed by atoms with Crippen LogP contribution in [0.25, 0.3) is 0 Å². The van der Waals surface area contributed by atoms with Gasteiger partial charge in [0.25, 0.3) is 5.91 Å². The SMILES string of the molecule is O=C(CNC(=O)c1ccc(Br)cc1)Nc1nc(C2CCCCC2)cs1. The van der Waals surface area contributed by atoms with E-state index in [0.717, 1.165) is 10.2 Å². The summed E-state index contributed by atoms with van der Waals surface area (Å²) in [4.78, 5) is 28.6. The molecule has 1 aromatic carbocycles. The first kappa shape index (κ1) is 18.1. The van der Waals surface area contributed by atoms with Crippen molar-refractivity contribution in [2.45, 2.75) is 38.0 Å². The summed E-state index contributed by atoms with van der Waals surface area (Å²) >= 11 is 4.77. The molecule has 0 saturated heterocycles. The van der Waals surface area contributed by atoms with Crippen LogP contribution in [0.3, 0.4) is 0 Å². The van der Waals surface area contributed by atoms with Gasteiger partial charge < -0.3 is 10.6 Å². The van der Waals surface area contributed by atoms with Crippen LogP contribution < -0.4 is 10.6 Å². The van der Waals surface area contributed by atoms with E-state index < -0.39 is 0 Å². The molecule has 25 heavy (non-hydrogen) atoms. The third kappa shape index (κ3) is 5.12. The number of hydrogen-bond acceptors (Lipinski definition) is 4. The maximum absolute atomic E-state index is 12.0. The zero-order valence-electron chi connectivity index (χ0n) is 13.8. The van der Waals surface area contributed by atoms with Crippen molar-refractivity contribution < 1.29 is 9.59 Å². The van der Waals surface area contributed by atoms with Gasteiger partial charge in [-0.3, -0.25) is 9.59 Å². The number of nitrogens with one attached hydrogen (secondary N) is 2. The predicted octanol–water partition coefficient (Wildman–Crippen LogP) is 4.32. The number of thiazole rings is 1. The van der Waals surface area contributed by atoms with E-state index in [1.807, 2.05) is 5.38 Å². The van der Waals surface area contributed by atoms with Gasteiger partial charge in [-0.2, -0.15) is 0 Å². The molecule has 1 aromatic heterocycles. The zero-order chi connectivity index (χ0) is 17.6. The topological polar surface area (TPSA) is 71.1 Å². The lowest BCUT2D eigenvalue weighted by Crippen LogP contribution is -2.32. The fourth-order valence-electron chi connectivity index (χ4n) is 2.96. The number of carbonyl (C=O) groups is 2. The van der Waals surface area contributed by atoms with Gasteiger partial charge in [0.1, 0.15) is 0 Å².